The number of nitrogens with zero attached hydrogens (tertiary/aromatic N) is 3. The number of hydrogen-bond acceptors (Lipinski definition) is 6. The molecule has 0 aromatic carbocycles. The maximum absolute atomic E-state index is 11.0. The SMILES string of the molecule is COC(=O)C([N+]#N)=C1N=C(C)NS1. The summed E-state index contributed by atoms with van der Waals surface area (Å²) in [6.07, 6.45) is 0. The van der Waals surface area contributed by atoms with Crippen LogP contribution in [-0.2, 0) is 9.53 Å². The lowest BCUT2D eigenvalue weighted by molar-refractivity contribution is -0.135. The minimum absolute atomic E-state index is 0.197. The number of carbonyl (C=O) groups excluding carboxylic acids is 1. The van der Waals surface area contributed by atoms with Gasteiger partial charge in [0.1, 0.15) is 5.84 Å². The van der Waals surface area contributed by atoms with Crippen LogP contribution in [0.15, 0.2) is 15.7 Å². The van der Waals surface area contributed by atoms with Gasteiger partial charge in [-0.25, -0.2) is 9.79 Å². The van der Waals surface area contributed by atoms with E-state index in [-0.39, 0.29) is 5.70 Å². The molecule has 1 aliphatic heterocycles. The first-order valence-corrected chi connectivity index (χ1v) is 4.16. The Labute approximate surface area is 78.8 Å². The first kappa shape index (κ1) is 9.54. The quantitative estimate of drug-likeness (QED) is 0.293. The fraction of sp³-hybridized carbons (Fsp3) is 0.333. The van der Waals surface area contributed by atoms with E-state index >= 15 is 0 Å². The third-order valence-electron chi connectivity index (χ3n) is 1.25. The molecule has 68 valence electrons. The Morgan fingerprint density at radius 2 is 2.46 bits per heavy atom. The Morgan fingerprint density at radius 1 is 1.77 bits per heavy atom. The van der Waals surface area contributed by atoms with Crippen molar-refractivity contribution >= 4 is 23.8 Å². The van der Waals surface area contributed by atoms with E-state index in [1.165, 1.54) is 7.11 Å². The van der Waals surface area contributed by atoms with Crippen LogP contribution in [0.5, 0.6) is 0 Å². The van der Waals surface area contributed by atoms with Crippen LogP contribution in [0, 0.1) is 5.39 Å². The van der Waals surface area contributed by atoms with Gasteiger partial charge in [-0.15, -0.1) is 0 Å². The zero-order valence-corrected chi connectivity index (χ0v) is 7.88. The largest absolute Gasteiger partial charge is 0.501 e. The molecular weight excluding hydrogens is 192 g/mol. The number of hydrogen-bond donors (Lipinski definition) is 1. The minimum Gasteiger partial charge on any atom is -0.460 e. The summed E-state index contributed by atoms with van der Waals surface area (Å²) in [7, 11) is 1.21. The Hall–Kier alpha value is -1.55. The van der Waals surface area contributed by atoms with E-state index in [2.05, 4.69) is 19.4 Å². The van der Waals surface area contributed by atoms with Crippen molar-refractivity contribution in [2.75, 3.05) is 7.11 Å². The normalized spacial score (nSPS) is 18.4. The van der Waals surface area contributed by atoms with E-state index < -0.39 is 5.97 Å². The molecule has 0 unspecified atom stereocenters. The van der Waals surface area contributed by atoms with E-state index in [1.54, 1.807) is 6.92 Å². The molecule has 0 amide bonds. The standard InChI is InChI=1S/C6H6N4O2S/c1-3-8-5(13-10-3)4(9-7)6(11)12-2/h1-2H3/p+1. The molecule has 1 heterocycles. The number of nitrogens with one attached hydrogen (secondary N) is 1. The number of amidine groups is 1. The number of ether oxygens (including phenoxy) is 1. The van der Waals surface area contributed by atoms with Crippen LogP contribution in [0.4, 0.5) is 0 Å². The first-order chi connectivity index (χ1) is 6.19. The van der Waals surface area contributed by atoms with Crippen LogP contribution < -0.4 is 4.72 Å². The lowest BCUT2D eigenvalue weighted by Crippen LogP contribution is -2.04. The molecule has 0 radical (unpaired) electrons. The fourth-order valence-corrected chi connectivity index (χ4v) is 1.38. The minimum atomic E-state index is -0.717. The van der Waals surface area contributed by atoms with Crippen LogP contribution in [-0.4, -0.2) is 18.9 Å². The van der Waals surface area contributed by atoms with Gasteiger partial charge in [-0.05, 0) is 6.92 Å². The summed E-state index contributed by atoms with van der Waals surface area (Å²) < 4.78 is 7.18. The van der Waals surface area contributed by atoms with Gasteiger partial charge in [-0.2, -0.15) is 0 Å². The maximum Gasteiger partial charge on any atom is 0.501 e. The number of diazo groups is 1. The lowest BCUT2D eigenvalue weighted by atomic mass is 10.5. The Morgan fingerprint density at radius 3 is 2.85 bits per heavy atom. The van der Waals surface area contributed by atoms with Crippen molar-refractivity contribution in [2.45, 2.75) is 6.92 Å². The molecule has 0 saturated heterocycles. The van der Waals surface area contributed by atoms with Crippen molar-refractivity contribution in [3.8, 4) is 0 Å². The summed E-state index contributed by atoms with van der Waals surface area (Å²) in [6.45, 7) is 1.73. The van der Waals surface area contributed by atoms with E-state index in [0.29, 0.717) is 10.9 Å². The predicted octanol–water partition coefficient (Wildman–Crippen LogP) is 0.851. The summed E-state index contributed by atoms with van der Waals surface area (Å²) in [5.74, 6) is -0.0738. The molecule has 1 aliphatic rings. The monoisotopic (exact) mass is 199 g/mol. The van der Waals surface area contributed by atoms with Gasteiger partial charge < -0.3 is 9.46 Å². The molecule has 0 bridgehead atoms. The second kappa shape index (κ2) is 3.91. The summed E-state index contributed by atoms with van der Waals surface area (Å²) in [6, 6.07) is 0. The van der Waals surface area contributed by atoms with E-state index in [0.717, 1.165) is 11.9 Å². The zero-order chi connectivity index (χ0) is 9.84. The highest BCUT2D eigenvalue weighted by molar-refractivity contribution is 8.02. The molecule has 0 aromatic rings. The van der Waals surface area contributed by atoms with Gasteiger partial charge >= 0.3 is 11.7 Å². The van der Waals surface area contributed by atoms with E-state index in [4.69, 9.17) is 5.39 Å². The molecule has 6 nitrogen and oxygen atoms in total. The molecule has 0 fully saturated rings. The van der Waals surface area contributed by atoms with Crippen LogP contribution >= 0.6 is 11.9 Å². The fourth-order valence-electron chi connectivity index (χ4n) is 0.689. The van der Waals surface area contributed by atoms with Gasteiger partial charge in [-0.3, -0.25) is 0 Å². The second-order valence-corrected chi connectivity index (χ2v) is 2.94. The molecule has 0 aliphatic carbocycles. The van der Waals surface area contributed by atoms with Gasteiger partial charge in [-0.1, -0.05) is 0 Å². The average molecular weight is 199 g/mol. The average Bonchev–Trinajstić information content (AvgIpc) is 2.53. The number of aliphatic imine (C=N–C) groups is 1. The number of esters is 1. The Bertz CT molecular complexity index is 341. The Kier molecular flexibility index (Phi) is 2.87. The number of rotatable bonds is 1. The van der Waals surface area contributed by atoms with Crippen LogP contribution in [0.1, 0.15) is 6.92 Å². The van der Waals surface area contributed by atoms with Crippen LogP contribution in [0.2, 0.25) is 0 Å². The second-order valence-electron chi connectivity index (χ2n) is 2.15. The lowest BCUT2D eigenvalue weighted by Gasteiger charge is -1.88. The summed E-state index contributed by atoms with van der Waals surface area (Å²) in [5.41, 5.74) is -0.197. The molecule has 1 N–H and O–H groups in total. The van der Waals surface area contributed by atoms with Crippen molar-refractivity contribution in [2.24, 2.45) is 4.99 Å². The van der Waals surface area contributed by atoms with Gasteiger partial charge in [0.05, 0.1) is 7.11 Å². The molecule has 0 aromatic heterocycles. The van der Waals surface area contributed by atoms with Gasteiger partial charge in [0.25, 0.3) is 0 Å². The van der Waals surface area contributed by atoms with E-state index in [9.17, 15) is 4.79 Å². The highest BCUT2D eigenvalue weighted by Gasteiger charge is 2.32. The summed E-state index contributed by atoms with van der Waals surface area (Å²) in [4.78, 5) is 17.7. The van der Waals surface area contributed by atoms with Crippen molar-refractivity contribution in [3.63, 3.8) is 0 Å². The van der Waals surface area contributed by atoms with Gasteiger partial charge in [0.15, 0.2) is 4.98 Å². The van der Waals surface area contributed by atoms with Crippen molar-refractivity contribution in [3.05, 3.63) is 15.7 Å². The zero-order valence-electron chi connectivity index (χ0n) is 7.07. The molecule has 1 rings (SSSR count). The van der Waals surface area contributed by atoms with E-state index in [1.807, 2.05) is 0 Å². The number of methoxy groups -OCH3 is 1. The molecular formula is C6H7N4O2S+. The molecule has 0 atom stereocenters. The molecule has 0 saturated carbocycles. The van der Waals surface area contributed by atoms with Crippen LogP contribution in [0.25, 0.3) is 4.98 Å². The number of carbonyl (C=O) groups is 1. The smallest absolute Gasteiger partial charge is 0.460 e. The Balaban J connectivity index is 3.02. The molecule has 0 spiro atoms. The topological polar surface area (TPSA) is 78.8 Å². The van der Waals surface area contributed by atoms with Gasteiger partial charge in [0, 0.05) is 11.9 Å². The first-order valence-electron chi connectivity index (χ1n) is 3.35. The highest BCUT2D eigenvalue weighted by Crippen LogP contribution is 2.24. The highest BCUT2D eigenvalue weighted by atomic mass is 32.2. The molecule has 13 heavy (non-hydrogen) atoms. The summed E-state index contributed by atoms with van der Waals surface area (Å²) in [5, 5.41) is 8.83. The van der Waals surface area contributed by atoms with Gasteiger partial charge in [0.2, 0.25) is 10.4 Å². The van der Waals surface area contributed by atoms with Crippen molar-refractivity contribution in [1.29, 1.82) is 5.39 Å². The van der Waals surface area contributed by atoms with Crippen molar-refractivity contribution in [1.82, 2.24) is 4.72 Å². The maximum atomic E-state index is 11.0. The third kappa shape index (κ3) is 1.97. The third-order valence-corrected chi connectivity index (χ3v) is 2.12. The predicted molar refractivity (Wildman–Crippen MR) is 48.0 cm³/mol. The summed E-state index contributed by atoms with van der Waals surface area (Å²) >= 11 is 1.10. The van der Waals surface area contributed by atoms with Crippen LogP contribution in [0.3, 0.4) is 0 Å². The van der Waals surface area contributed by atoms with Crippen molar-refractivity contribution < 1.29 is 9.53 Å². The molecule has 7 heteroatoms.